The summed E-state index contributed by atoms with van der Waals surface area (Å²) in [5.74, 6) is 0.00561. The molecule has 1 aliphatic rings. The molecular formula is C19H17ClN2O5. The van der Waals surface area contributed by atoms with Gasteiger partial charge in [-0.2, -0.15) is 0 Å². The second-order valence-electron chi connectivity index (χ2n) is 6.46. The molecule has 1 unspecified atom stereocenters. The van der Waals surface area contributed by atoms with Crippen molar-refractivity contribution in [3.05, 3.63) is 62.2 Å². The highest BCUT2D eigenvalue weighted by atomic mass is 35.5. The van der Waals surface area contributed by atoms with E-state index in [9.17, 15) is 19.7 Å². The first-order valence-corrected chi connectivity index (χ1v) is 8.69. The summed E-state index contributed by atoms with van der Waals surface area (Å²) in [5.41, 5.74) is 2.46. The lowest BCUT2D eigenvalue weighted by Gasteiger charge is -2.13. The van der Waals surface area contributed by atoms with Gasteiger partial charge >= 0.3 is 0 Å². The zero-order chi connectivity index (χ0) is 19.7. The van der Waals surface area contributed by atoms with Crippen molar-refractivity contribution in [3.63, 3.8) is 0 Å². The lowest BCUT2D eigenvalue weighted by atomic mass is 9.97. The molecule has 140 valence electrons. The number of amides is 1. The molecular weight excluding hydrogens is 372 g/mol. The molecule has 1 aliphatic carbocycles. The zero-order valence-corrected chi connectivity index (χ0v) is 15.5. The van der Waals surface area contributed by atoms with Crippen molar-refractivity contribution in [2.45, 2.75) is 26.2 Å². The van der Waals surface area contributed by atoms with Crippen LogP contribution in [0, 0.1) is 17.0 Å². The van der Waals surface area contributed by atoms with Crippen molar-refractivity contribution in [2.24, 2.45) is 0 Å². The number of hydrogen-bond acceptors (Lipinski definition) is 5. The molecule has 3 rings (SSSR count). The van der Waals surface area contributed by atoms with Crippen LogP contribution >= 0.6 is 11.6 Å². The van der Waals surface area contributed by atoms with E-state index in [-0.39, 0.29) is 34.7 Å². The Morgan fingerprint density at radius 1 is 1.37 bits per heavy atom. The van der Waals surface area contributed by atoms with Gasteiger partial charge in [-0.3, -0.25) is 19.7 Å². The third-order valence-corrected chi connectivity index (χ3v) is 4.79. The molecule has 0 bridgehead atoms. The molecule has 0 fully saturated rings. The number of aryl methyl sites for hydroxylation is 1. The van der Waals surface area contributed by atoms with Gasteiger partial charge in [0, 0.05) is 18.2 Å². The molecule has 1 amide bonds. The van der Waals surface area contributed by atoms with Gasteiger partial charge in [-0.05, 0) is 42.2 Å². The fourth-order valence-electron chi connectivity index (χ4n) is 3.30. The van der Waals surface area contributed by atoms with Crippen molar-refractivity contribution in [1.82, 2.24) is 0 Å². The lowest BCUT2D eigenvalue weighted by Crippen LogP contribution is -2.21. The van der Waals surface area contributed by atoms with E-state index in [1.165, 1.54) is 18.2 Å². The number of nitro benzene ring substituents is 1. The Bertz CT molecular complexity index is 957. The summed E-state index contributed by atoms with van der Waals surface area (Å²) < 4.78 is 5.57. The van der Waals surface area contributed by atoms with Gasteiger partial charge in [0.1, 0.15) is 10.8 Å². The number of hydrogen-bond donors (Lipinski definition) is 1. The molecule has 2 aromatic rings. The van der Waals surface area contributed by atoms with Crippen LogP contribution in [0.4, 0.5) is 11.4 Å². The summed E-state index contributed by atoms with van der Waals surface area (Å²) in [4.78, 5) is 34.7. The number of halogens is 1. The number of anilines is 1. The van der Waals surface area contributed by atoms with Crippen LogP contribution in [0.5, 0.6) is 5.75 Å². The standard InChI is InChI=1S/C19H17ClN2O5/c1-10-3-6-16(19-15(23)7-11(2)18(10)19)27-9-17(24)21-12-4-5-13(20)14(8-12)22(25)26/h3-6,8,11H,7,9H2,1-2H3,(H,21,24). The van der Waals surface area contributed by atoms with Crippen LogP contribution in [0.25, 0.3) is 0 Å². The third kappa shape index (κ3) is 3.78. The minimum Gasteiger partial charge on any atom is -0.483 e. The van der Waals surface area contributed by atoms with E-state index < -0.39 is 10.8 Å². The summed E-state index contributed by atoms with van der Waals surface area (Å²) in [6, 6.07) is 7.52. The number of carbonyl (C=O) groups excluding carboxylic acids is 2. The number of carbonyl (C=O) groups is 2. The number of ketones is 1. The van der Waals surface area contributed by atoms with Crippen molar-refractivity contribution in [1.29, 1.82) is 0 Å². The number of nitro groups is 1. The number of Topliss-reactive ketones (excluding diaryl/α,β-unsaturated/α-hetero) is 1. The van der Waals surface area contributed by atoms with E-state index >= 15 is 0 Å². The van der Waals surface area contributed by atoms with Crippen LogP contribution in [0.15, 0.2) is 30.3 Å². The first-order chi connectivity index (χ1) is 12.8. The first-order valence-electron chi connectivity index (χ1n) is 8.31. The van der Waals surface area contributed by atoms with Crippen LogP contribution in [0.1, 0.15) is 40.7 Å². The predicted molar refractivity (Wildman–Crippen MR) is 101 cm³/mol. The maximum Gasteiger partial charge on any atom is 0.289 e. The number of benzene rings is 2. The molecule has 1 N–H and O–H groups in total. The van der Waals surface area contributed by atoms with E-state index in [1.807, 2.05) is 19.9 Å². The highest BCUT2D eigenvalue weighted by Gasteiger charge is 2.31. The molecule has 0 aliphatic heterocycles. The molecule has 0 spiro atoms. The second-order valence-corrected chi connectivity index (χ2v) is 6.86. The Balaban J connectivity index is 1.72. The van der Waals surface area contributed by atoms with Crippen molar-refractivity contribution in [3.8, 4) is 5.75 Å². The minimum atomic E-state index is -0.628. The Morgan fingerprint density at radius 3 is 2.81 bits per heavy atom. The molecule has 0 radical (unpaired) electrons. The highest BCUT2D eigenvalue weighted by Crippen LogP contribution is 2.40. The van der Waals surface area contributed by atoms with Crippen molar-refractivity contribution < 1.29 is 19.2 Å². The quantitative estimate of drug-likeness (QED) is 0.609. The number of nitrogens with one attached hydrogen (secondary N) is 1. The molecule has 8 heteroatoms. The predicted octanol–water partition coefficient (Wildman–Crippen LogP) is 4.26. The Morgan fingerprint density at radius 2 is 2.11 bits per heavy atom. The molecule has 0 aromatic heterocycles. The smallest absolute Gasteiger partial charge is 0.289 e. The fraction of sp³-hybridized carbons (Fsp3) is 0.263. The van der Waals surface area contributed by atoms with E-state index in [0.717, 1.165) is 11.1 Å². The summed E-state index contributed by atoms with van der Waals surface area (Å²) >= 11 is 5.75. The van der Waals surface area contributed by atoms with Gasteiger partial charge < -0.3 is 10.1 Å². The van der Waals surface area contributed by atoms with Gasteiger partial charge in [-0.25, -0.2) is 0 Å². The molecule has 7 nitrogen and oxygen atoms in total. The molecule has 27 heavy (non-hydrogen) atoms. The maximum atomic E-state index is 12.3. The second kappa shape index (κ2) is 7.36. The summed E-state index contributed by atoms with van der Waals surface area (Å²) in [6.07, 6.45) is 0.428. The average molecular weight is 389 g/mol. The van der Waals surface area contributed by atoms with Gasteiger partial charge in [0.2, 0.25) is 0 Å². The highest BCUT2D eigenvalue weighted by molar-refractivity contribution is 6.32. The van der Waals surface area contributed by atoms with Crippen LogP contribution in [0.2, 0.25) is 5.02 Å². The lowest BCUT2D eigenvalue weighted by molar-refractivity contribution is -0.384. The van der Waals surface area contributed by atoms with Gasteiger partial charge in [0.15, 0.2) is 12.4 Å². The summed E-state index contributed by atoms with van der Waals surface area (Å²) in [6.45, 7) is 3.60. The summed E-state index contributed by atoms with van der Waals surface area (Å²) in [7, 11) is 0. The van der Waals surface area contributed by atoms with Crippen LogP contribution in [0.3, 0.4) is 0 Å². The molecule has 0 saturated heterocycles. The van der Waals surface area contributed by atoms with E-state index in [4.69, 9.17) is 16.3 Å². The topological polar surface area (TPSA) is 98.5 Å². The van der Waals surface area contributed by atoms with Gasteiger partial charge in [-0.1, -0.05) is 24.6 Å². The number of rotatable bonds is 5. The van der Waals surface area contributed by atoms with Crippen molar-refractivity contribution in [2.75, 3.05) is 11.9 Å². The van der Waals surface area contributed by atoms with E-state index in [2.05, 4.69) is 5.32 Å². The average Bonchev–Trinajstić information content (AvgIpc) is 2.91. The summed E-state index contributed by atoms with van der Waals surface area (Å²) in [5, 5.41) is 13.4. The minimum absolute atomic E-state index is 0.00457. The Labute approximate surface area is 160 Å². The Kier molecular flexibility index (Phi) is 5.14. The van der Waals surface area contributed by atoms with E-state index in [0.29, 0.717) is 17.7 Å². The normalized spacial score (nSPS) is 15.4. The van der Waals surface area contributed by atoms with Crippen molar-refractivity contribution >= 4 is 34.7 Å². The van der Waals surface area contributed by atoms with Gasteiger partial charge in [0.25, 0.3) is 11.6 Å². The first kappa shape index (κ1) is 18.8. The van der Waals surface area contributed by atoms with E-state index in [1.54, 1.807) is 6.07 Å². The molecule has 0 saturated carbocycles. The largest absolute Gasteiger partial charge is 0.483 e. The number of nitrogens with zero attached hydrogens (tertiary/aromatic N) is 1. The fourth-order valence-corrected chi connectivity index (χ4v) is 3.49. The van der Waals surface area contributed by atoms with Crippen LogP contribution < -0.4 is 10.1 Å². The molecule has 0 heterocycles. The van der Waals surface area contributed by atoms with Gasteiger partial charge in [0.05, 0.1) is 10.5 Å². The maximum absolute atomic E-state index is 12.3. The number of ether oxygens (including phenoxy) is 1. The van der Waals surface area contributed by atoms with Gasteiger partial charge in [-0.15, -0.1) is 0 Å². The van der Waals surface area contributed by atoms with Crippen LogP contribution in [-0.2, 0) is 4.79 Å². The monoisotopic (exact) mass is 388 g/mol. The third-order valence-electron chi connectivity index (χ3n) is 4.47. The Hall–Kier alpha value is -2.93. The number of fused-ring (bicyclic) bond motifs is 1. The molecule has 1 atom stereocenters. The van der Waals surface area contributed by atoms with Crippen LogP contribution in [-0.4, -0.2) is 23.2 Å². The molecule has 2 aromatic carbocycles. The zero-order valence-electron chi connectivity index (χ0n) is 14.7. The SMILES string of the molecule is Cc1ccc(OCC(=O)Nc2ccc(Cl)c([N+](=O)[O-])c2)c2c1C(C)CC2=O.